The molecular weight excluding hydrogens is 600 g/mol. The summed E-state index contributed by atoms with van der Waals surface area (Å²) in [6, 6.07) is 33.4. The van der Waals surface area contributed by atoms with Crippen molar-refractivity contribution in [3.63, 3.8) is 0 Å². The Balaban J connectivity index is 0.000000188. The second kappa shape index (κ2) is 13.8. The van der Waals surface area contributed by atoms with E-state index in [4.69, 9.17) is 53.4 Å². The Morgan fingerprint density at radius 3 is 0.875 bits per heavy atom. The smallest absolute Gasteiger partial charge is 0.137 e. The Morgan fingerprint density at radius 2 is 0.625 bits per heavy atom. The average Bonchev–Trinajstić information content (AvgIpc) is 3.70. The molecule has 0 aliphatic carbocycles. The fraction of sp³-hybridized carbons (Fsp3) is 0.0526. The van der Waals surface area contributed by atoms with Crippen LogP contribution in [0.1, 0.15) is 33.4 Å². The molecule has 0 atom stereocenters. The third-order valence-corrected chi connectivity index (χ3v) is 7.93. The van der Waals surface area contributed by atoms with Crippen molar-refractivity contribution in [3.05, 3.63) is 143 Å². The first kappa shape index (κ1) is 32.7. The van der Waals surface area contributed by atoms with E-state index in [1.165, 1.54) is 0 Å². The summed E-state index contributed by atoms with van der Waals surface area (Å²) in [5, 5.41) is 29.8. The molecule has 0 saturated carbocycles. The van der Waals surface area contributed by atoms with E-state index < -0.39 is 0 Å². The van der Waals surface area contributed by atoms with Crippen LogP contribution < -0.4 is 22.9 Å². The highest BCUT2D eigenvalue weighted by Gasteiger charge is 2.17. The van der Waals surface area contributed by atoms with Gasteiger partial charge in [-0.2, -0.15) is 0 Å². The minimum atomic E-state index is 0.0437. The van der Waals surface area contributed by atoms with Crippen molar-refractivity contribution in [2.45, 2.75) is 13.8 Å². The lowest BCUT2D eigenvalue weighted by atomic mass is 10.0. The van der Waals surface area contributed by atoms with Gasteiger partial charge in [-0.25, -0.2) is 0 Å². The summed E-state index contributed by atoms with van der Waals surface area (Å²) in [6.07, 6.45) is 0. The topological polar surface area (TPSA) is 226 Å². The van der Waals surface area contributed by atoms with Gasteiger partial charge in [-0.3, -0.25) is 21.6 Å². The van der Waals surface area contributed by atoms with Gasteiger partial charge in [0.25, 0.3) is 0 Å². The standard InChI is InChI=1S/C20H20N4O.C18H16N4O/c1-11-12(2)18(14-5-9-16(10-6-14)20(23)24)25-17(11)13-3-7-15(8-4-13)19(21)22;19-17(20)13-5-1-11(2-6-13)15-9-10-16(23-15)12-3-7-14(8-4-12)18(21)22/h3-10H,1-2H3,(H3,21,22)(H3,23,24);1-10H,(H3,19,20)(H3,21,22). The first-order valence-corrected chi connectivity index (χ1v) is 14.9. The van der Waals surface area contributed by atoms with E-state index in [0.717, 1.165) is 56.4 Å². The molecule has 2 aromatic heterocycles. The minimum Gasteiger partial charge on any atom is -0.456 e. The number of benzene rings is 4. The number of hydrogen-bond acceptors (Lipinski definition) is 6. The van der Waals surface area contributed by atoms with Gasteiger partial charge in [0, 0.05) is 44.5 Å². The van der Waals surface area contributed by atoms with Crippen LogP contribution in [0.3, 0.4) is 0 Å². The second-order valence-corrected chi connectivity index (χ2v) is 11.1. The average molecular weight is 637 g/mol. The fourth-order valence-corrected chi connectivity index (χ4v) is 5.03. The fourth-order valence-electron chi connectivity index (χ4n) is 5.03. The molecule has 0 aliphatic rings. The van der Waals surface area contributed by atoms with Crippen LogP contribution in [-0.4, -0.2) is 23.3 Å². The SMILES string of the molecule is Cc1c(-c2ccc(C(=N)N)cc2)oc(-c2ccc(C(=N)N)cc2)c1C.N=C(N)c1ccc(-c2ccc(-c3ccc(C(=N)N)cc3)o2)cc1. The van der Waals surface area contributed by atoms with E-state index in [0.29, 0.717) is 22.3 Å². The van der Waals surface area contributed by atoms with Gasteiger partial charge in [0.05, 0.1) is 0 Å². The van der Waals surface area contributed by atoms with Crippen LogP contribution in [0.2, 0.25) is 0 Å². The molecule has 6 rings (SSSR count). The molecule has 0 bridgehead atoms. The van der Waals surface area contributed by atoms with Crippen molar-refractivity contribution in [1.29, 1.82) is 21.6 Å². The third-order valence-electron chi connectivity index (χ3n) is 7.93. The molecule has 0 unspecified atom stereocenters. The first-order valence-electron chi connectivity index (χ1n) is 14.9. The number of rotatable bonds is 8. The Labute approximate surface area is 278 Å². The van der Waals surface area contributed by atoms with Gasteiger partial charge in [0.1, 0.15) is 46.4 Å². The number of amidine groups is 4. The maximum atomic E-state index is 7.48. The van der Waals surface area contributed by atoms with Crippen LogP contribution in [0.25, 0.3) is 45.3 Å². The molecule has 0 spiro atoms. The van der Waals surface area contributed by atoms with Gasteiger partial charge in [-0.1, -0.05) is 97.1 Å². The zero-order valence-electron chi connectivity index (χ0n) is 26.5. The number of nitrogens with one attached hydrogen (secondary N) is 4. The second-order valence-electron chi connectivity index (χ2n) is 11.1. The molecule has 0 amide bonds. The van der Waals surface area contributed by atoms with Gasteiger partial charge in [-0.05, 0) is 37.1 Å². The lowest BCUT2D eigenvalue weighted by Crippen LogP contribution is -2.10. The van der Waals surface area contributed by atoms with Crippen molar-refractivity contribution in [1.82, 2.24) is 0 Å². The van der Waals surface area contributed by atoms with Crippen LogP contribution in [-0.2, 0) is 0 Å². The molecule has 10 nitrogen and oxygen atoms in total. The lowest BCUT2D eigenvalue weighted by molar-refractivity contribution is 0.594. The Bertz CT molecular complexity index is 1970. The molecule has 48 heavy (non-hydrogen) atoms. The summed E-state index contributed by atoms with van der Waals surface area (Å²) < 4.78 is 12.0. The molecule has 12 N–H and O–H groups in total. The summed E-state index contributed by atoms with van der Waals surface area (Å²) in [4.78, 5) is 0. The van der Waals surface area contributed by atoms with Crippen LogP contribution in [0, 0.1) is 35.5 Å². The Hall–Kier alpha value is -6.68. The normalized spacial score (nSPS) is 10.5. The van der Waals surface area contributed by atoms with Gasteiger partial charge in [0.15, 0.2) is 0 Å². The van der Waals surface area contributed by atoms with Crippen LogP contribution in [0.15, 0.2) is 118 Å². The molecule has 4 aromatic carbocycles. The molecule has 2 heterocycles. The number of nitrogens with two attached hydrogens (primary N) is 4. The van der Waals surface area contributed by atoms with Gasteiger partial charge < -0.3 is 31.8 Å². The molecule has 6 aromatic rings. The lowest BCUT2D eigenvalue weighted by Gasteiger charge is -2.03. The van der Waals surface area contributed by atoms with E-state index >= 15 is 0 Å². The van der Waals surface area contributed by atoms with Gasteiger partial charge >= 0.3 is 0 Å². The molecule has 240 valence electrons. The van der Waals surface area contributed by atoms with E-state index in [2.05, 4.69) is 0 Å². The largest absolute Gasteiger partial charge is 0.456 e. The van der Waals surface area contributed by atoms with Crippen molar-refractivity contribution in [3.8, 4) is 45.3 Å². The van der Waals surface area contributed by atoms with Crippen molar-refractivity contribution in [2.75, 3.05) is 0 Å². The zero-order valence-corrected chi connectivity index (χ0v) is 26.5. The Morgan fingerprint density at radius 1 is 0.375 bits per heavy atom. The summed E-state index contributed by atoms with van der Waals surface area (Å²) >= 11 is 0. The number of hydrogen-bond donors (Lipinski definition) is 8. The number of furan rings is 2. The van der Waals surface area contributed by atoms with E-state index in [-0.39, 0.29) is 23.3 Å². The third kappa shape index (κ3) is 7.08. The monoisotopic (exact) mass is 636 g/mol. The number of nitrogen functional groups attached to an aromatic ring is 4. The van der Waals surface area contributed by atoms with Gasteiger partial charge in [0.2, 0.25) is 0 Å². The van der Waals surface area contributed by atoms with E-state index in [1.807, 2.05) is 98.8 Å². The molecule has 0 radical (unpaired) electrons. The van der Waals surface area contributed by atoms with Crippen molar-refractivity contribution >= 4 is 23.3 Å². The summed E-state index contributed by atoms with van der Waals surface area (Å²) in [5.41, 5.74) is 30.5. The highest BCUT2D eigenvalue weighted by molar-refractivity contribution is 5.97. The maximum absolute atomic E-state index is 7.48. The van der Waals surface area contributed by atoms with Crippen molar-refractivity contribution < 1.29 is 8.83 Å². The van der Waals surface area contributed by atoms with Gasteiger partial charge in [-0.15, -0.1) is 0 Å². The minimum absolute atomic E-state index is 0.0437. The highest BCUT2D eigenvalue weighted by atomic mass is 16.3. The Kier molecular flexibility index (Phi) is 9.37. The highest BCUT2D eigenvalue weighted by Crippen LogP contribution is 2.36. The summed E-state index contributed by atoms with van der Waals surface area (Å²) in [5.74, 6) is 3.27. The quantitative estimate of drug-likeness (QED) is 0.0649. The predicted octanol–water partition coefficient (Wildman–Crippen LogP) is 6.98. The zero-order chi connectivity index (χ0) is 34.5. The summed E-state index contributed by atoms with van der Waals surface area (Å²) in [7, 11) is 0. The van der Waals surface area contributed by atoms with Crippen molar-refractivity contribution in [2.24, 2.45) is 22.9 Å². The predicted molar refractivity (Wildman–Crippen MR) is 193 cm³/mol. The first-order chi connectivity index (χ1) is 22.9. The maximum Gasteiger partial charge on any atom is 0.137 e. The molecule has 10 heteroatoms. The molecule has 0 fully saturated rings. The van der Waals surface area contributed by atoms with Crippen LogP contribution in [0.5, 0.6) is 0 Å². The molecule has 0 aliphatic heterocycles. The molecular formula is C38H36N8O2. The molecule has 0 saturated heterocycles. The van der Waals surface area contributed by atoms with Crippen LogP contribution >= 0.6 is 0 Å². The van der Waals surface area contributed by atoms with E-state index in [1.54, 1.807) is 24.3 Å². The summed E-state index contributed by atoms with van der Waals surface area (Å²) in [6.45, 7) is 4.06. The van der Waals surface area contributed by atoms with Crippen LogP contribution in [0.4, 0.5) is 0 Å². The van der Waals surface area contributed by atoms with E-state index in [9.17, 15) is 0 Å².